The predicted molar refractivity (Wildman–Crippen MR) is 27.5 cm³/mol. The summed E-state index contributed by atoms with van der Waals surface area (Å²) in [6.07, 6.45) is 3.00. The number of rotatable bonds is 0. The Labute approximate surface area is 63.2 Å². The van der Waals surface area contributed by atoms with Gasteiger partial charge in [0.1, 0.15) is 0 Å². The lowest BCUT2D eigenvalue weighted by atomic mass is 11.5. The van der Waals surface area contributed by atoms with Crippen molar-refractivity contribution in [2.75, 3.05) is 0 Å². The van der Waals surface area contributed by atoms with E-state index < -0.39 is 10.4 Å². The van der Waals surface area contributed by atoms with Gasteiger partial charge in [0.15, 0.2) is 0 Å². The predicted octanol–water partition coefficient (Wildman–Crippen LogP) is -3.92. The standard InChI is InChI=1S/2CH2N2.H2O4S/c2*2-1-3;1-5(2,3)4/h2*2H2;(H2,1,2,3,4). The van der Waals surface area contributed by atoms with E-state index in [0.717, 1.165) is 0 Å². The van der Waals surface area contributed by atoms with Crippen LogP contribution in [0.5, 0.6) is 0 Å². The zero-order valence-corrected chi connectivity index (χ0v) is 6.17. The van der Waals surface area contributed by atoms with Gasteiger partial charge in [-0.05, 0) is 0 Å². The maximum Gasteiger partial charge on any atom is 0.303 e. The quantitative estimate of drug-likeness (QED) is 0.219. The molecule has 8 nitrogen and oxygen atoms in total. The maximum atomic E-state index is 8.52. The molecule has 0 aromatic rings. The SMILES string of the molecule is N#C[NH3+].N#C[NH3+].O=S(=O)([O-])[O-]. The van der Waals surface area contributed by atoms with Gasteiger partial charge in [-0.2, -0.15) is 0 Å². The largest absolute Gasteiger partial charge is 0.759 e. The molecule has 11 heavy (non-hydrogen) atoms. The molecule has 0 unspecified atom stereocenters. The summed E-state index contributed by atoms with van der Waals surface area (Å²) in [6.45, 7) is 0. The zero-order chi connectivity index (χ0) is 9.91. The van der Waals surface area contributed by atoms with E-state index in [2.05, 4.69) is 11.5 Å². The Balaban J connectivity index is -0.0000000933. The fraction of sp³-hybridized carbons (Fsp3) is 0. The van der Waals surface area contributed by atoms with E-state index in [0.29, 0.717) is 0 Å². The monoisotopic (exact) mass is 182 g/mol. The Bertz CT molecular complexity index is 212. The van der Waals surface area contributed by atoms with Gasteiger partial charge in [0, 0.05) is 10.4 Å². The molecular weight excluding hydrogens is 176 g/mol. The van der Waals surface area contributed by atoms with Gasteiger partial charge in [0.25, 0.3) is 0 Å². The lowest BCUT2D eigenvalue weighted by Gasteiger charge is -2.06. The van der Waals surface area contributed by atoms with Gasteiger partial charge in [-0.15, -0.1) is 10.5 Å². The molecule has 0 aliphatic heterocycles. The van der Waals surface area contributed by atoms with Gasteiger partial charge in [-0.25, -0.2) is 0 Å². The Morgan fingerprint density at radius 1 is 1.09 bits per heavy atom. The summed E-state index contributed by atoms with van der Waals surface area (Å²) in [5, 5.41) is 14.4. The number of nitrogens with zero attached hydrogens (tertiary/aromatic N) is 2. The molecule has 0 saturated carbocycles. The highest BCUT2D eigenvalue weighted by Gasteiger charge is 1.49. The molecule has 9 heteroatoms. The Morgan fingerprint density at radius 2 is 1.09 bits per heavy atom. The van der Waals surface area contributed by atoms with Crippen LogP contribution in [0, 0.1) is 22.9 Å². The second-order valence-corrected chi connectivity index (χ2v) is 1.54. The van der Waals surface area contributed by atoms with Gasteiger partial charge in [0.2, 0.25) is 0 Å². The minimum Gasteiger partial charge on any atom is -0.759 e. The van der Waals surface area contributed by atoms with Gasteiger partial charge < -0.3 is 9.11 Å². The molecule has 0 rings (SSSR count). The lowest BCUT2D eigenvalue weighted by molar-refractivity contribution is -0.252. The van der Waals surface area contributed by atoms with Crippen molar-refractivity contribution in [3.8, 4) is 12.4 Å². The second-order valence-electron chi connectivity index (χ2n) is 0.724. The molecule has 0 saturated heterocycles. The molecule has 0 aromatic heterocycles. The highest BCUT2D eigenvalue weighted by Crippen LogP contribution is 1.57. The van der Waals surface area contributed by atoms with Crippen LogP contribution in [-0.2, 0) is 10.4 Å². The van der Waals surface area contributed by atoms with Crippen molar-refractivity contribution < 1.29 is 29.0 Å². The van der Waals surface area contributed by atoms with Crippen LogP contribution < -0.4 is 11.5 Å². The topological polar surface area (TPSA) is 183 Å². The summed E-state index contributed by atoms with van der Waals surface area (Å²) in [5.41, 5.74) is 5.58. The first-order chi connectivity index (χ1) is 4.83. The van der Waals surface area contributed by atoms with Gasteiger partial charge in [0.05, 0.1) is 0 Å². The van der Waals surface area contributed by atoms with Crippen LogP contribution in [0.15, 0.2) is 0 Å². The van der Waals surface area contributed by atoms with E-state index in [1.807, 2.05) is 0 Å². The third-order valence-electron chi connectivity index (χ3n) is 0. The normalized spacial score (nSPS) is 6.73. The van der Waals surface area contributed by atoms with Gasteiger partial charge in [-0.3, -0.25) is 19.9 Å². The first-order valence-electron chi connectivity index (χ1n) is 1.82. The number of hydrogen-bond acceptors (Lipinski definition) is 6. The Kier molecular flexibility index (Phi) is 17.2. The molecule has 0 spiro atoms. The van der Waals surface area contributed by atoms with E-state index in [-0.39, 0.29) is 0 Å². The van der Waals surface area contributed by atoms with Gasteiger partial charge in [-0.1, -0.05) is 0 Å². The minimum atomic E-state index is -5.17. The lowest BCUT2D eigenvalue weighted by Crippen LogP contribution is -2.39. The van der Waals surface area contributed by atoms with E-state index in [9.17, 15) is 0 Å². The third kappa shape index (κ3) is 266. The molecule has 0 heterocycles. The average Bonchev–Trinajstić information content (AvgIpc) is 1.62. The summed E-state index contributed by atoms with van der Waals surface area (Å²) < 4.78 is 34.1. The molecule has 6 N–H and O–H groups in total. The Morgan fingerprint density at radius 3 is 1.09 bits per heavy atom. The molecular formula is C2H6N4O4S. The summed E-state index contributed by atoms with van der Waals surface area (Å²) in [6, 6.07) is 0. The van der Waals surface area contributed by atoms with Crippen molar-refractivity contribution in [2.24, 2.45) is 0 Å². The third-order valence-corrected chi connectivity index (χ3v) is 0. The second kappa shape index (κ2) is 11.6. The smallest absolute Gasteiger partial charge is 0.303 e. The van der Waals surface area contributed by atoms with Crippen molar-refractivity contribution >= 4 is 10.4 Å². The van der Waals surface area contributed by atoms with E-state index in [4.69, 9.17) is 28.0 Å². The van der Waals surface area contributed by atoms with E-state index in [1.54, 1.807) is 0 Å². The molecule has 0 amide bonds. The average molecular weight is 182 g/mol. The van der Waals surface area contributed by atoms with Crippen molar-refractivity contribution in [3.63, 3.8) is 0 Å². The van der Waals surface area contributed by atoms with Crippen molar-refractivity contribution in [1.29, 1.82) is 10.5 Å². The van der Waals surface area contributed by atoms with Crippen LogP contribution in [0.25, 0.3) is 0 Å². The van der Waals surface area contributed by atoms with Crippen LogP contribution in [0.4, 0.5) is 0 Å². The van der Waals surface area contributed by atoms with Crippen molar-refractivity contribution in [2.45, 2.75) is 0 Å². The molecule has 0 aliphatic carbocycles. The Hall–Kier alpha value is -1.23. The summed E-state index contributed by atoms with van der Waals surface area (Å²) in [7, 11) is -5.17. The van der Waals surface area contributed by atoms with E-state index >= 15 is 0 Å². The summed E-state index contributed by atoms with van der Waals surface area (Å²) in [4.78, 5) is 0. The van der Waals surface area contributed by atoms with Crippen molar-refractivity contribution in [1.82, 2.24) is 0 Å². The highest BCUT2D eigenvalue weighted by molar-refractivity contribution is 7.79. The molecule has 0 atom stereocenters. The first kappa shape index (κ1) is 16.4. The molecule has 0 aliphatic rings. The van der Waals surface area contributed by atoms with Crippen LogP contribution in [0.2, 0.25) is 0 Å². The molecule has 64 valence electrons. The zero-order valence-electron chi connectivity index (χ0n) is 5.35. The summed E-state index contributed by atoms with van der Waals surface area (Å²) >= 11 is 0. The first-order valence-corrected chi connectivity index (χ1v) is 3.15. The number of nitriles is 2. The number of hydrogen-bond donors (Lipinski definition) is 2. The minimum absolute atomic E-state index is 1.50. The van der Waals surface area contributed by atoms with Crippen molar-refractivity contribution in [3.05, 3.63) is 0 Å². The molecule has 0 radical (unpaired) electrons. The van der Waals surface area contributed by atoms with Crippen LogP contribution >= 0.6 is 0 Å². The van der Waals surface area contributed by atoms with Crippen LogP contribution in [0.1, 0.15) is 0 Å². The van der Waals surface area contributed by atoms with E-state index in [1.165, 1.54) is 12.4 Å². The fourth-order valence-corrected chi connectivity index (χ4v) is 0. The van der Waals surface area contributed by atoms with Gasteiger partial charge >= 0.3 is 12.4 Å². The molecule has 0 aromatic carbocycles. The number of quaternary nitrogens is 2. The molecule has 0 fully saturated rings. The van der Waals surface area contributed by atoms with Crippen LogP contribution in [-0.4, -0.2) is 17.5 Å². The highest BCUT2D eigenvalue weighted by atomic mass is 32.3. The van der Waals surface area contributed by atoms with Crippen LogP contribution in [0.3, 0.4) is 0 Å². The molecule has 0 bridgehead atoms. The fourth-order valence-electron chi connectivity index (χ4n) is 0. The summed E-state index contributed by atoms with van der Waals surface area (Å²) in [5.74, 6) is 0. The maximum absolute atomic E-state index is 8.52.